The Balaban J connectivity index is 0.000000640. The standard InChI is InChI=1S/C6H13NO.ClH/c1-5-2-3-6(4-8)7-5;/h5-8H,2-4H2,1H3;1H. The van der Waals surface area contributed by atoms with Gasteiger partial charge in [0.25, 0.3) is 0 Å². The van der Waals surface area contributed by atoms with Crippen molar-refractivity contribution in [1.82, 2.24) is 5.32 Å². The summed E-state index contributed by atoms with van der Waals surface area (Å²) >= 11 is 0. The zero-order valence-corrected chi connectivity index (χ0v) is 6.45. The van der Waals surface area contributed by atoms with Crippen LogP contribution in [0.15, 0.2) is 0 Å². The van der Waals surface area contributed by atoms with Crippen molar-refractivity contribution in [3.05, 3.63) is 0 Å². The second-order valence-electron chi connectivity index (χ2n) is 2.52. The highest BCUT2D eigenvalue weighted by Gasteiger charge is 2.18. The van der Waals surface area contributed by atoms with Crippen LogP contribution in [0.3, 0.4) is 0 Å². The van der Waals surface area contributed by atoms with Crippen molar-refractivity contribution in [3.63, 3.8) is 0 Å². The largest absolute Gasteiger partial charge is 0.395 e. The third kappa shape index (κ3) is 2.52. The van der Waals surface area contributed by atoms with Gasteiger partial charge in [0.15, 0.2) is 0 Å². The Morgan fingerprint density at radius 2 is 2.22 bits per heavy atom. The fourth-order valence-corrected chi connectivity index (χ4v) is 1.16. The van der Waals surface area contributed by atoms with Crippen molar-refractivity contribution in [3.8, 4) is 0 Å². The lowest BCUT2D eigenvalue weighted by Crippen LogP contribution is -2.29. The Bertz CT molecular complexity index is 79.5. The molecule has 2 N–H and O–H groups in total. The molecule has 1 fully saturated rings. The molecule has 0 aliphatic carbocycles. The van der Waals surface area contributed by atoms with Gasteiger partial charge in [0.2, 0.25) is 0 Å². The van der Waals surface area contributed by atoms with E-state index < -0.39 is 0 Å². The lowest BCUT2D eigenvalue weighted by molar-refractivity contribution is 0.252. The second kappa shape index (κ2) is 4.09. The van der Waals surface area contributed by atoms with Gasteiger partial charge in [-0.15, -0.1) is 12.4 Å². The molecule has 0 radical (unpaired) electrons. The maximum absolute atomic E-state index is 8.62. The Morgan fingerprint density at radius 1 is 1.56 bits per heavy atom. The molecule has 0 bridgehead atoms. The van der Waals surface area contributed by atoms with E-state index in [1.807, 2.05) is 0 Å². The number of hydrogen-bond acceptors (Lipinski definition) is 2. The van der Waals surface area contributed by atoms with Gasteiger partial charge in [0.05, 0.1) is 6.61 Å². The van der Waals surface area contributed by atoms with E-state index in [0.717, 1.165) is 6.42 Å². The molecule has 1 saturated heterocycles. The summed E-state index contributed by atoms with van der Waals surface area (Å²) < 4.78 is 0. The van der Waals surface area contributed by atoms with Gasteiger partial charge in [-0.05, 0) is 19.8 Å². The zero-order chi connectivity index (χ0) is 5.98. The number of rotatable bonds is 1. The number of aliphatic hydroxyl groups is 1. The number of hydrogen-bond donors (Lipinski definition) is 2. The SMILES string of the molecule is CC1CCC(CO)N1.Cl. The second-order valence-corrected chi connectivity index (χ2v) is 2.52. The third-order valence-corrected chi connectivity index (χ3v) is 1.69. The van der Waals surface area contributed by atoms with Gasteiger partial charge in [-0.1, -0.05) is 0 Å². The average Bonchev–Trinajstić information content (AvgIpc) is 2.14. The van der Waals surface area contributed by atoms with Crippen molar-refractivity contribution in [2.24, 2.45) is 0 Å². The molecule has 0 aromatic carbocycles. The summed E-state index contributed by atoms with van der Waals surface area (Å²) in [6.45, 7) is 2.44. The molecule has 1 rings (SSSR count). The molecule has 2 atom stereocenters. The minimum Gasteiger partial charge on any atom is -0.395 e. The van der Waals surface area contributed by atoms with Crippen molar-refractivity contribution in [2.75, 3.05) is 6.61 Å². The molecule has 0 aromatic rings. The smallest absolute Gasteiger partial charge is 0.0584 e. The summed E-state index contributed by atoms with van der Waals surface area (Å²) in [7, 11) is 0. The molecule has 0 amide bonds. The van der Waals surface area contributed by atoms with E-state index in [-0.39, 0.29) is 12.4 Å². The lowest BCUT2D eigenvalue weighted by atomic mass is 10.2. The molecule has 56 valence electrons. The maximum atomic E-state index is 8.62. The molecule has 0 aromatic heterocycles. The van der Waals surface area contributed by atoms with E-state index in [1.165, 1.54) is 6.42 Å². The fraction of sp³-hybridized carbons (Fsp3) is 1.00. The van der Waals surface area contributed by atoms with E-state index in [2.05, 4.69) is 12.2 Å². The van der Waals surface area contributed by atoms with Gasteiger partial charge in [0.1, 0.15) is 0 Å². The number of nitrogens with one attached hydrogen (secondary N) is 1. The normalized spacial score (nSPS) is 34.0. The zero-order valence-electron chi connectivity index (χ0n) is 5.63. The van der Waals surface area contributed by atoms with Gasteiger partial charge in [-0.25, -0.2) is 0 Å². The van der Waals surface area contributed by atoms with Crippen LogP contribution in [0.5, 0.6) is 0 Å². The van der Waals surface area contributed by atoms with Gasteiger partial charge >= 0.3 is 0 Å². The van der Waals surface area contributed by atoms with Crippen LogP contribution in [0.1, 0.15) is 19.8 Å². The van der Waals surface area contributed by atoms with Crippen LogP contribution >= 0.6 is 12.4 Å². The predicted octanol–water partition coefficient (Wildman–Crippen LogP) is 0.541. The average molecular weight is 152 g/mol. The lowest BCUT2D eigenvalue weighted by Gasteiger charge is -2.05. The Kier molecular flexibility index (Phi) is 4.19. The summed E-state index contributed by atoms with van der Waals surface area (Å²) in [4.78, 5) is 0. The first-order valence-corrected chi connectivity index (χ1v) is 3.20. The van der Waals surface area contributed by atoms with Crippen LogP contribution in [0.25, 0.3) is 0 Å². The van der Waals surface area contributed by atoms with Gasteiger partial charge < -0.3 is 10.4 Å². The highest BCUT2D eigenvalue weighted by molar-refractivity contribution is 5.85. The summed E-state index contributed by atoms with van der Waals surface area (Å²) in [5, 5.41) is 11.9. The van der Waals surface area contributed by atoms with Crippen LogP contribution in [0.4, 0.5) is 0 Å². The molecule has 1 aliphatic heterocycles. The topological polar surface area (TPSA) is 32.3 Å². The monoisotopic (exact) mass is 151 g/mol. The summed E-state index contributed by atoms with van der Waals surface area (Å²) in [6, 6.07) is 0.997. The first-order chi connectivity index (χ1) is 3.83. The summed E-state index contributed by atoms with van der Waals surface area (Å²) in [6.07, 6.45) is 2.35. The molecular weight excluding hydrogens is 138 g/mol. The van der Waals surface area contributed by atoms with Gasteiger partial charge in [0, 0.05) is 12.1 Å². The van der Waals surface area contributed by atoms with Crippen LogP contribution in [0.2, 0.25) is 0 Å². The first-order valence-electron chi connectivity index (χ1n) is 3.20. The van der Waals surface area contributed by atoms with E-state index in [1.54, 1.807) is 0 Å². The molecule has 0 spiro atoms. The quantitative estimate of drug-likeness (QED) is 0.574. The third-order valence-electron chi connectivity index (χ3n) is 1.69. The molecule has 0 saturated carbocycles. The molecule has 1 heterocycles. The van der Waals surface area contributed by atoms with E-state index >= 15 is 0 Å². The Hall–Kier alpha value is 0.210. The molecular formula is C6H14ClNO. The van der Waals surface area contributed by atoms with Crippen molar-refractivity contribution in [2.45, 2.75) is 31.8 Å². The van der Waals surface area contributed by atoms with Crippen LogP contribution in [0, 0.1) is 0 Å². The molecule has 1 aliphatic rings. The van der Waals surface area contributed by atoms with Crippen LogP contribution < -0.4 is 5.32 Å². The Labute approximate surface area is 62.1 Å². The van der Waals surface area contributed by atoms with Gasteiger partial charge in [-0.3, -0.25) is 0 Å². The number of halogens is 1. The molecule has 3 heteroatoms. The molecule has 2 nitrogen and oxygen atoms in total. The van der Waals surface area contributed by atoms with Gasteiger partial charge in [-0.2, -0.15) is 0 Å². The minimum absolute atomic E-state index is 0. The van der Waals surface area contributed by atoms with Crippen molar-refractivity contribution in [1.29, 1.82) is 0 Å². The van der Waals surface area contributed by atoms with Crippen molar-refractivity contribution >= 4 is 12.4 Å². The summed E-state index contributed by atoms with van der Waals surface area (Å²) in [5.41, 5.74) is 0. The number of aliphatic hydroxyl groups excluding tert-OH is 1. The Morgan fingerprint density at radius 3 is 2.44 bits per heavy atom. The van der Waals surface area contributed by atoms with E-state index in [4.69, 9.17) is 5.11 Å². The molecule has 2 unspecified atom stereocenters. The van der Waals surface area contributed by atoms with Crippen LogP contribution in [-0.4, -0.2) is 23.8 Å². The molecule has 9 heavy (non-hydrogen) atoms. The van der Waals surface area contributed by atoms with E-state index in [0.29, 0.717) is 18.7 Å². The summed E-state index contributed by atoms with van der Waals surface area (Å²) in [5.74, 6) is 0. The highest BCUT2D eigenvalue weighted by Crippen LogP contribution is 2.09. The van der Waals surface area contributed by atoms with Crippen LogP contribution in [-0.2, 0) is 0 Å². The maximum Gasteiger partial charge on any atom is 0.0584 e. The predicted molar refractivity (Wildman–Crippen MR) is 40.0 cm³/mol. The van der Waals surface area contributed by atoms with Crippen molar-refractivity contribution < 1.29 is 5.11 Å². The minimum atomic E-state index is 0. The van der Waals surface area contributed by atoms with E-state index in [9.17, 15) is 0 Å². The fourth-order valence-electron chi connectivity index (χ4n) is 1.16. The highest BCUT2D eigenvalue weighted by atomic mass is 35.5. The first kappa shape index (κ1) is 9.21.